The van der Waals surface area contributed by atoms with Crippen LogP contribution >= 0.6 is 0 Å². The molecule has 2 aromatic rings. The molecule has 1 aromatic heterocycles. The summed E-state index contributed by atoms with van der Waals surface area (Å²) in [6.07, 6.45) is 3.90. The third-order valence-electron chi connectivity index (χ3n) is 3.79. The highest BCUT2D eigenvalue weighted by Crippen LogP contribution is 2.32. The molecule has 1 aliphatic carbocycles. The lowest BCUT2D eigenvalue weighted by atomic mass is 9.91. The summed E-state index contributed by atoms with van der Waals surface area (Å²) in [5.74, 6) is -0.236. The third-order valence-corrected chi connectivity index (χ3v) is 3.79. The molecule has 1 atom stereocenters. The van der Waals surface area contributed by atoms with Crippen molar-refractivity contribution in [2.75, 3.05) is 0 Å². The lowest BCUT2D eigenvalue weighted by molar-refractivity contribution is 0.555. The first-order valence-electron chi connectivity index (χ1n) is 6.83. The summed E-state index contributed by atoms with van der Waals surface area (Å²) in [6, 6.07) is 6.64. The first-order valence-corrected chi connectivity index (χ1v) is 6.83. The number of nitrogens with two attached hydrogens (primary N) is 1. The molecule has 3 rings (SSSR count). The highest BCUT2D eigenvalue weighted by molar-refractivity contribution is 5.40. The maximum Gasteiger partial charge on any atom is 0.125 e. The highest BCUT2D eigenvalue weighted by atomic mass is 19.1. The molecule has 0 fully saturated rings. The van der Waals surface area contributed by atoms with Crippen molar-refractivity contribution in [2.24, 2.45) is 5.73 Å². The second-order valence-corrected chi connectivity index (χ2v) is 5.05. The van der Waals surface area contributed by atoms with Crippen molar-refractivity contribution in [1.29, 1.82) is 0 Å². The molecule has 19 heavy (non-hydrogen) atoms. The lowest BCUT2D eigenvalue weighted by Crippen LogP contribution is -2.19. The minimum Gasteiger partial charge on any atom is -0.324 e. The number of rotatable bonds is 2. The molecule has 1 aromatic carbocycles. The van der Waals surface area contributed by atoms with Crippen molar-refractivity contribution in [3.8, 4) is 5.69 Å². The van der Waals surface area contributed by atoms with Crippen molar-refractivity contribution >= 4 is 0 Å². The number of halogens is 1. The van der Waals surface area contributed by atoms with Gasteiger partial charge in [0.1, 0.15) is 5.82 Å². The molecule has 4 heteroatoms. The quantitative estimate of drug-likeness (QED) is 0.901. The van der Waals surface area contributed by atoms with Gasteiger partial charge in [0, 0.05) is 17.3 Å². The predicted octanol–water partition coefficient (Wildman–Crippen LogP) is 2.91. The van der Waals surface area contributed by atoms with E-state index in [0.29, 0.717) is 0 Å². The van der Waals surface area contributed by atoms with Gasteiger partial charge in [0.25, 0.3) is 0 Å². The van der Waals surface area contributed by atoms with Crippen LogP contribution in [0.15, 0.2) is 24.3 Å². The Morgan fingerprint density at radius 3 is 3.05 bits per heavy atom. The number of fused-ring (bicyclic) bond motifs is 1. The smallest absolute Gasteiger partial charge is 0.125 e. The first kappa shape index (κ1) is 12.4. The van der Waals surface area contributed by atoms with Gasteiger partial charge in [-0.15, -0.1) is 0 Å². The van der Waals surface area contributed by atoms with E-state index in [1.165, 1.54) is 17.7 Å². The topological polar surface area (TPSA) is 43.8 Å². The zero-order valence-corrected chi connectivity index (χ0v) is 11.1. The Hall–Kier alpha value is -1.68. The number of benzene rings is 1. The maximum atomic E-state index is 13.4. The van der Waals surface area contributed by atoms with Crippen LogP contribution < -0.4 is 5.73 Å². The zero-order valence-electron chi connectivity index (χ0n) is 11.1. The van der Waals surface area contributed by atoms with Gasteiger partial charge in [-0.3, -0.25) is 0 Å². The van der Waals surface area contributed by atoms with E-state index in [0.717, 1.165) is 42.8 Å². The Morgan fingerprint density at radius 1 is 1.47 bits per heavy atom. The van der Waals surface area contributed by atoms with Crippen LogP contribution in [0.1, 0.15) is 42.8 Å². The van der Waals surface area contributed by atoms with Crippen molar-refractivity contribution in [3.05, 3.63) is 47.0 Å². The van der Waals surface area contributed by atoms with Crippen LogP contribution in [0.5, 0.6) is 0 Å². The fourth-order valence-corrected chi connectivity index (χ4v) is 2.90. The minimum absolute atomic E-state index is 0.0704. The third kappa shape index (κ3) is 2.06. The average Bonchev–Trinajstić information content (AvgIpc) is 2.79. The lowest BCUT2D eigenvalue weighted by Gasteiger charge is -2.20. The minimum atomic E-state index is -0.236. The van der Waals surface area contributed by atoms with Crippen molar-refractivity contribution < 1.29 is 4.39 Å². The number of nitrogens with zero attached hydrogens (tertiary/aromatic N) is 2. The molecule has 0 saturated carbocycles. The van der Waals surface area contributed by atoms with Crippen molar-refractivity contribution in [3.63, 3.8) is 0 Å². The molecule has 1 unspecified atom stereocenters. The molecule has 0 radical (unpaired) electrons. The van der Waals surface area contributed by atoms with Gasteiger partial charge in [-0.05, 0) is 43.9 Å². The summed E-state index contributed by atoms with van der Waals surface area (Å²) < 4.78 is 15.3. The van der Waals surface area contributed by atoms with Gasteiger partial charge >= 0.3 is 0 Å². The van der Waals surface area contributed by atoms with E-state index < -0.39 is 0 Å². The molecule has 100 valence electrons. The molecule has 0 aliphatic heterocycles. The Balaban J connectivity index is 2.17. The summed E-state index contributed by atoms with van der Waals surface area (Å²) in [4.78, 5) is 0. The summed E-state index contributed by atoms with van der Waals surface area (Å²) in [5.41, 5.74) is 10.4. The summed E-state index contributed by atoms with van der Waals surface area (Å²) in [5, 5.41) is 4.64. The Kier molecular flexibility index (Phi) is 3.11. The number of hydrogen-bond donors (Lipinski definition) is 1. The van der Waals surface area contributed by atoms with Crippen LogP contribution in [-0.4, -0.2) is 9.78 Å². The summed E-state index contributed by atoms with van der Waals surface area (Å²) in [7, 11) is 0. The van der Waals surface area contributed by atoms with Crippen LogP contribution in [-0.2, 0) is 12.8 Å². The average molecular weight is 259 g/mol. The first-order chi connectivity index (χ1) is 9.20. The predicted molar refractivity (Wildman–Crippen MR) is 72.8 cm³/mol. The van der Waals surface area contributed by atoms with E-state index in [-0.39, 0.29) is 11.9 Å². The van der Waals surface area contributed by atoms with Gasteiger partial charge in [0.2, 0.25) is 0 Å². The van der Waals surface area contributed by atoms with Gasteiger partial charge in [-0.1, -0.05) is 13.0 Å². The van der Waals surface area contributed by atoms with Crippen LogP contribution in [0.2, 0.25) is 0 Å². The van der Waals surface area contributed by atoms with Crippen molar-refractivity contribution in [1.82, 2.24) is 9.78 Å². The normalized spacial score (nSPS) is 18.4. The molecule has 1 heterocycles. The van der Waals surface area contributed by atoms with Gasteiger partial charge in [0.15, 0.2) is 0 Å². The summed E-state index contributed by atoms with van der Waals surface area (Å²) in [6.45, 7) is 2.08. The second-order valence-electron chi connectivity index (χ2n) is 5.05. The van der Waals surface area contributed by atoms with E-state index in [2.05, 4.69) is 12.0 Å². The molecule has 0 amide bonds. The zero-order chi connectivity index (χ0) is 13.4. The molecule has 0 bridgehead atoms. The Bertz CT molecular complexity index is 603. The molecular formula is C15H18FN3. The highest BCUT2D eigenvalue weighted by Gasteiger charge is 2.26. The van der Waals surface area contributed by atoms with Crippen LogP contribution in [0, 0.1) is 5.82 Å². The Labute approximate surface area is 112 Å². The van der Waals surface area contributed by atoms with Gasteiger partial charge in [0.05, 0.1) is 11.4 Å². The molecule has 3 nitrogen and oxygen atoms in total. The van der Waals surface area contributed by atoms with Gasteiger partial charge in [-0.25, -0.2) is 9.07 Å². The molecule has 0 spiro atoms. The Morgan fingerprint density at radius 2 is 2.32 bits per heavy atom. The fraction of sp³-hybridized carbons (Fsp3) is 0.400. The van der Waals surface area contributed by atoms with E-state index >= 15 is 0 Å². The second kappa shape index (κ2) is 4.78. The summed E-state index contributed by atoms with van der Waals surface area (Å²) >= 11 is 0. The van der Waals surface area contributed by atoms with E-state index in [9.17, 15) is 4.39 Å². The maximum absolute atomic E-state index is 13.4. The van der Waals surface area contributed by atoms with Gasteiger partial charge < -0.3 is 5.73 Å². The monoisotopic (exact) mass is 259 g/mol. The largest absolute Gasteiger partial charge is 0.324 e. The van der Waals surface area contributed by atoms with Crippen LogP contribution in [0.3, 0.4) is 0 Å². The molecular weight excluding hydrogens is 241 g/mol. The van der Waals surface area contributed by atoms with Gasteiger partial charge in [-0.2, -0.15) is 5.10 Å². The number of hydrogen-bond acceptors (Lipinski definition) is 2. The standard InChI is InChI=1S/C15H18FN3/c1-2-13-15-12(17)7-4-8-14(15)19(18-13)11-6-3-5-10(16)9-11/h3,5-6,9,12H,2,4,7-8,17H2,1H3. The SMILES string of the molecule is CCc1nn(-c2cccc(F)c2)c2c1C(N)CCC2. The van der Waals surface area contributed by atoms with E-state index in [1.54, 1.807) is 6.07 Å². The van der Waals surface area contributed by atoms with Crippen LogP contribution in [0.25, 0.3) is 5.69 Å². The number of aromatic nitrogens is 2. The van der Waals surface area contributed by atoms with Crippen LogP contribution in [0.4, 0.5) is 4.39 Å². The number of aryl methyl sites for hydroxylation is 1. The fourth-order valence-electron chi connectivity index (χ4n) is 2.90. The van der Waals surface area contributed by atoms with E-state index in [1.807, 2.05) is 10.7 Å². The van der Waals surface area contributed by atoms with E-state index in [4.69, 9.17) is 5.73 Å². The van der Waals surface area contributed by atoms with Crippen molar-refractivity contribution in [2.45, 2.75) is 38.6 Å². The molecule has 1 aliphatic rings. The molecule has 2 N–H and O–H groups in total. The molecule has 0 saturated heterocycles.